The van der Waals surface area contributed by atoms with Gasteiger partial charge in [0, 0.05) is 27.9 Å². The molecule has 0 saturated carbocycles. The highest BCUT2D eigenvalue weighted by molar-refractivity contribution is 9.10. The van der Waals surface area contributed by atoms with Crippen molar-refractivity contribution >= 4 is 44.7 Å². The van der Waals surface area contributed by atoms with Crippen LogP contribution in [0.4, 0.5) is 4.79 Å². The summed E-state index contributed by atoms with van der Waals surface area (Å²) in [6.07, 6.45) is 4.28. The van der Waals surface area contributed by atoms with Gasteiger partial charge in [0.15, 0.2) is 0 Å². The van der Waals surface area contributed by atoms with Crippen LogP contribution in [0.15, 0.2) is 28.9 Å². The Balaban J connectivity index is 1.65. The quantitative estimate of drug-likeness (QED) is 0.589. The normalized spacial score (nSPS) is 21.9. The first-order chi connectivity index (χ1) is 16.5. The fourth-order valence-corrected chi connectivity index (χ4v) is 5.00. The summed E-state index contributed by atoms with van der Waals surface area (Å²) >= 11 is 3.66. The third-order valence-corrected chi connectivity index (χ3v) is 6.66. The van der Waals surface area contributed by atoms with Crippen molar-refractivity contribution in [3.8, 4) is 5.88 Å². The number of aromatic nitrogens is 1. The number of fused-ring (bicyclic) bond motifs is 3. The molecule has 9 nitrogen and oxygen atoms in total. The SMILES string of the molecule is CCOC(=O)[C@@H]1C[C@H]2CN1C(=O)CNC(=O)OCCCCCc1cc(Br)c3ccnc(c3c1)O2. The summed E-state index contributed by atoms with van der Waals surface area (Å²) in [4.78, 5) is 43.3. The molecule has 2 aromatic rings. The summed E-state index contributed by atoms with van der Waals surface area (Å²) in [6, 6.07) is 5.31. The number of esters is 1. The summed E-state index contributed by atoms with van der Waals surface area (Å²) in [5, 5.41) is 4.33. The molecule has 2 atom stereocenters. The first kappa shape index (κ1) is 24.3. The number of alkyl carbamates (subject to hydrolysis) is 1. The highest BCUT2D eigenvalue weighted by Crippen LogP contribution is 2.33. The molecule has 0 aliphatic carbocycles. The second kappa shape index (κ2) is 11.0. The zero-order valence-electron chi connectivity index (χ0n) is 19.0. The van der Waals surface area contributed by atoms with E-state index in [1.807, 2.05) is 6.07 Å². The highest BCUT2D eigenvalue weighted by atomic mass is 79.9. The van der Waals surface area contributed by atoms with E-state index in [2.05, 4.69) is 38.4 Å². The van der Waals surface area contributed by atoms with Gasteiger partial charge < -0.3 is 24.4 Å². The number of carbonyl (C=O) groups is 3. The van der Waals surface area contributed by atoms with Gasteiger partial charge in [0.05, 0.1) is 19.8 Å². The van der Waals surface area contributed by atoms with Crippen molar-refractivity contribution in [3.05, 3.63) is 34.4 Å². The fourth-order valence-electron chi connectivity index (χ4n) is 4.36. The van der Waals surface area contributed by atoms with Gasteiger partial charge in [0.25, 0.3) is 0 Å². The number of aryl methyl sites for hydroxylation is 1. The van der Waals surface area contributed by atoms with Crippen LogP contribution in [0.5, 0.6) is 5.88 Å². The van der Waals surface area contributed by atoms with Crippen LogP contribution in [-0.2, 0) is 25.5 Å². The lowest BCUT2D eigenvalue weighted by molar-refractivity contribution is -0.152. The Bertz CT molecular complexity index is 1080. The number of carbonyl (C=O) groups excluding carboxylic acids is 3. The standard InChI is InChI=1S/C24H28BrN3O6/c1-2-32-23(30)20-12-16-14-28(20)21(29)13-27-24(31)33-9-5-3-4-6-15-10-18-17(19(25)11-15)7-8-26-22(18)34-16/h7-8,10-11,16,20H,2-6,9,12-14H2,1H3,(H,27,31)/t16-,20-/m0/s1. The molecule has 10 heteroatoms. The summed E-state index contributed by atoms with van der Waals surface area (Å²) < 4.78 is 17.6. The maximum atomic E-state index is 12.9. The van der Waals surface area contributed by atoms with E-state index in [0.717, 1.165) is 46.5 Å². The smallest absolute Gasteiger partial charge is 0.407 e. The Morgan fingerprint density at radius 1 is 1.26 bits per heavy atom. The average molecular weight is 534 g/mol. The molecular formula is C24H28BrN3O6. The predicted octanol–water partition coefficient (Wildman–Crippen LogP) is 3.36. The summed E-state index contributed by atoms with van der Waals surface area (Å²) in [5.74, 6) is -0.436. The van der Waals surface area contributed by atoms with Crippen LogP contribution in [-0.4, -0.2) is 66.3 Å². The van der Waals surface area contributed by atoms with Crippen molar-refractivity contribution < 1.29 is 28.6 Å². The van der Waals surface area contributed by atoms with Gasteiger partial charge in [0.2, 0.25) is 11.8 Å². The summed E-state index contributed by atoms with van der Waals surface area (Å²) in [7, 11) is 0. The highest BCUT2D eigenvalue weighted by Gasteiger charge is 2.42. The van der Waals surface area contributed by atoms with E-state index in [0.29, 0.717) is 5.88 Å². The van der Waals surface area contributed by atoms with Gasteiger partial charge in [-0.25, -0.2) is 14.6 Å². The summed E-state index contributed by atoms with van der Waals surface area (Å²) in [5.41, 5.74) is 1.14. The molecule has 0 radical (unpaired) electrons. The van der Waals surface area contributed by atoms with E-state index in [9.17, 15) is 14.4 Å². The van der Waals surface area contributed by atoms with Gasteiger partial charge in [-0.05, 0) is 56.4 Å². The van der Waals surface area contributed by atoms with E-state index in [4.69, 9.17) is 14.2 Å². The van der Waals surface area contributed by atoms with Gasteiger partial charge in [-0.1, -0.05) is 15.9 Å². The third kappa shape index (κ3) is 5.60. The Morgan fingerprint density at radius 2 is 2.12 bits per heavy atom. The van der Waals surface area contributed by atoms with Crippen LogP contribution in [0, 0.1) is 0 Å². The maximum absolute atomic E-state index is 12.9. The zero-order chi connectivity index (χ0) is 24.1. The molecule has 1 fully saturated rings. The first-order valence-electron chi connectivity index (χ1n) is 11.6. The summed E-state index contributed by atoms with van der Waals surface area (Å²) in [6.45, 7) is 2.10. The van der Waals surface area contributed by atoms with E-state index in [-0.39, 0.29) is 32.7 Å². The molecule has 182 valence electrons. The minimum atomic E-state index is -0.797. The van der Waals surface area contributed by atoms with E-state index in [1.54, 1.807) is 13.1 Å². The van der Waals surface area contributed by atoms with Gasteiger partial charge >= 0.3 is 12.1 Å². The van der Waals surface area contributed by atoms with Crippen LogP contribution in [0.3, 0.4) is 0 Å². The van der Waals surface area contributed by atoms with Gasteiger partial charge in [-0.3, -0.25) is 4.79 Å². The monoisotopic (exact) mass is 533 g/mol. The molecule has 1 aromatic heterocycles. The van der Waals surface area contributed by atoms with Crippen LogP contribution >= 0.6 is 15.9 Å². The Kier molecular flexibility index (Phi) is 7.87. The number of ether oxygens (including phenoxy) is 3. The number of pyridine rings is 1. The predicted molar refractivity (Wildman–Crippen MR) is 128 cm³/mol. The number of nitrogens with zero attached hydrogens (tertiary/aromatic N) is 2. The Labute approximate surface area is 206 Å². The number of rotatable bonds is 2. The van der Waals surface area contributed by atoms with Crippen LogP contribution in [0.1, 0.15) is 38.2 Å². The van der Waals surface area contributed by atoms with Crippen LogP contribution in [0.2, 0.25) is 0 Å². The first-order valence-corrected chi connectivity index (χ1v) is 12.4. The number of cyclic esters (lactones) is 1. The molecule has 1 saturated heterocycles. The van der Waals surface area contributed by atoms with Crippen molar-refractivity contribution in [2.24, 2.45) is 0 Å². The van der Waals surface area contributed by atoms with Crippen molar-refractivity contribution in [1.29, 1.82) is 0 Å². The molecular weight excluding hydrogens is 506 g/mol. The fraction of sp³-hybridized carbons (Fsp3) is 0.500. The van der Waals surface area contributed by atoms with Gasteiger partial charge in [-0.2, -0.15) is 0 Å². The topological polar surface area (TPSA) is 107 Å². The number of amides is 2. The lowest BCUT2D eigenvalue weighted by atomic mass is 10.0. The molecule has 0 spiro atoms. The van der Waals surface area contributed by atoms with E-state index < -0.39 is 30.1 Å². The van der Waals surface area contributed by atoms with Crippen molar-refractivity contribution in [3.63, 3.8) is 0 Å². The molecule has 1 aromatic carbocycles. The van der Waals surface area contributed by atoms with Crippen molar-refractivity contribution in [2.75, 3.05) is 26.3 Å². The lowest BCUT2D eigenvalue weighted by Gasteiger charge is -2.22. The number of nitrogens with one attached hydrogen (secondary N) is 1. The van der Waals surface area contributed by atoms with Crippen molar-refractivity contribution in [1.82, 2.24) is 15.2 Å². The van der Waals surface area contributed by atoms with Crippen LogP contribution in [0.25, 0.3) is 10.8 Å². The number of hydrogen-bond donors (Lipinski definition) is 1. The molecule has 2 aliphatic heterocycles. The largest absolute Gasteiger partial charge is 0.472 e. The zero-order valence-corrected chi connectivity index (χ0v) is 20.6. The molecule has 4 rings (SSSR count). The third-order valence-electron chi connectivity index (χ3n) is 6.00. The molecule has 0 unspecified atom stereocenters. The Morgan fingerprint density at radius 3 is 2.94 bits per heavy atom. The molecule has 2 aliphatic rings. The van der Waals surface area contributed by atoms with E-state index >= 15 is 0 Å². The average Bonchev–Trinajstić information content (AvgIpc) is 3.24. The number of halogens is 1. The number of benzene rings is 1. The Hall–Kier alpha value is -2.88. The molecule has 1 N–H and O–H groups in total. The van der Waals surface area contributed by atoms with Crippen molar-refractivity contribution in [2.45, 2.75) is 51.2 Å². The lowest BCUT2D eigenvalue weighted by Crippen LogP contribution is -2.46. The van der Waals surface area contributed by atoms with Gasteiger partial charge in [0.1, 0.15) is 18.7 Å². The molecule has 2 amide bonds. The van der Waals surface area contributed by atoms with E-state index in [1.165, 1.54) is 4.90 Å². The second-order valence-corrected chi connectivity index (χ2v) is 9.23. The van der Waals surface area contributed by atoms with Gasteiger partial charge in [-0.15, -0.1) is 0 Å². The van der Waals surface area contributed by atoms with Crippen LogP contribution < -0.4 is 10.1 Å². The molecule has 34 heavy (non-hydrogen) atoms. The number of hydrogen-bond acceptors (Lipinski definition) is 7. The molecule has 4 bridgehead atoms. The minimum Gasteiger partial charge on any atom is -0.472 e. The maximum Gasteiger partial charge on any atom is 0.407 e. The minimum absolute atomic E-state index is 0.179. The molecule has 3 heterocycles. The second-order valence-electron chi connectivity index (χ2n) is 8.38.